The maximum atomic E-state index is 12.4. The first kappa shape index (κ1) is 22.2. The quantitative estimate of drug-likeness (QED) is 0.560. The minimum Gasteiger partial charge on any atom is -0.352 e. The van der Waals surface area contributed by atoms with E-state index in [-0.39, 0.29) is 21.5 Å². The average molecular weight is 423 g/mol. The van der Waals surface area contributed by atoms with Gasteiger partial charge in [-0.25, -0.2) is 8.42 Å². The van der Waals surface area contributed by atoms with Gasteiger partial charge in [-0.15, -0.1) is 0 Å². The highest BCUT2D eigenvalue weighted by Crippen LogP contribution is 2.26. The molecule has 0 fully saturated rings. The number of amides is 1. The summed E-state index contributed by atoms with van der Waals surface area (Å²) in [4.78, 5) is 12.5. The lowest BCUT2D eigenvalue weighted by molar-refractivity contribution is 0.0946. The van der Waals surface area contributed by atoms with E-state index < -0.39 is 10.0 Å². The summed E-state index contributed by atoms with van der Waals surface area (Å²) in [6, 6.07) is 12.6. The fourth-order valence-corrected chi connectivity index (χ4v) is 4.21. The Kier molecular flexibility index (Phi) is 8.33. The highest BCUT2D eigenvalue weighted by Gasteiger charge is 2.17. The summed E-state index contributed by atoms with van der Waals surface area (Å²) >= 11 is 6.22. The Labute approximate surface area is 172 Å². The molecule has 0 unspecified atom stereocenters. The predicted molar refractivity (Wildman–Crippen MR) is 114 cm³/mol. The van der Waals surface area contributed by atoms with E-state index in [1.54, 1.807) is 24.3 Å². The number of anilines is 1. The molecule has 0 aliphatic rings. The van der Waals surface area contributed by atoms with Crippen molar-refractivity contribution in [3.63, 3.8) is 0 Å². The Morgan fingerprint density at radius 3 is 2.43 bits per heavy atom. The molecule has 2 aromatic carbocycles. The van der Waals surface area contributed by atoms with Gasteiger partial charge in [0, 0.05) is 12.1 Å². The average Bonchev–Trinajstić information content (AvgIpc) is 2.70. The van der Waals surface area contributed by atoms with Gasteiger partial charge in [-0.05, 0) is 42.7 Å². The van der Waals surface area contributed by atoms with Gasteiger partial charge in [-0.2, -0.15) is 0 Å². The molecule has 7 heteroatoms. The Bertz CT molecular complexity index is 886. The lowest BCUT2D eigenvalue weighted by Crippen LogP contribution is -2.29. The summed E-state index contributed by atoms with van der Waals surface area (Å²) in [6.07, 6.45) is 4.40. The fraction of sp³-hybridized carbons (Fsp3) is 0.381. The Morgan fingerprint density at radius 1 is 1.11 bits per heavy atom. The lowest BCUT2D eigenvalue weighted by atomic mass is 9.99. The van der Waals surface area contributed by atoms with Crippen LogP contribution in [-0.4, -0.2) is 20.9 Å². The van der Waals surface area contributed by atoms with E-state index in [0.717, 1.165) is 25.7 Å². The standard InChI is InChI=1S/C21H27ClN2O3S/c1-3-5-9-16(4-2)15-23-21(25)17-12-13-20(19(22)14-17)24-28(26,27)18-10-7-6-8-11-18/h6-8,10-14,16,24H,3-5,9,15H2,1-2H3,(H,23,25)/t16-/m0/s1. The van der Waals surface area contributed by atoms with Gasteiger partial charge in [0.2, 0.25) is 0 Å². The van der Waals surface area contributed by atoms with Crippen LogP contribution >= 0.6 is 11.6 Å². The number of carbonyl (C=O) groups is 1. The van der Waals surface area contributed by atoms with Crippen molar-refractivity contribution in [1.29, 1.82) is 0 Å². The molecule has 5 nitrogen and oxygen atoms in total. The zero-order valence-corrected chi connectivity index (χ0v) is 17.8. The van der Waals surface area contributed by atoms with Crippen molar-refractivity contribution in [2.45, 2.75) is 44.4 Å². The number of rotatable bonds is 10. The van der Waals surface area contributed by atoms with Crippen LogP contribution in [0.1, 0.15) is 49.9 Å². The van der Waals surface area contributed by atoms with Gasteiger partial charge in [0.05, 0.1) is 15.6 Å². The summed E-state index contributed by atoms with van der Waals surface area (Å²) in [6.45, 7) is 4.90. The van der Waals surface area contributed by atoms with Gasteiger partial charge in [0.1, 0.15) is 0 Å². The van der Waals surface area contributed by atoms with Crippen LogP contribution in [0.15, 0.2) is 53.4 Å². The third-order valence-electron chi connectivity index (χ3n) is 4.62. The molecule has 1 atom stereocenters. The Morgan fingerprint density at radius 2 is 1.82 bits per heavy atom. The highest BCUT2D eigenvalue weighted by molar-refractivity contribution is 7.92. The number of hydrogen-bond donors (Lipinski definition) is 2. The van der Waals surface area contributed by atoms with Gasteiger partial charge in [0.15, 0.2) is 0 Å². The molecule has 1 amide bonds. The number of sulfonamides is 1. The van der Waals surface area contributed by atoms with Crippen LogP contribution in [0.2, 0.25) is 5.02 Å². The third-order valence-corrected chi connectivity index (χ3v) is 6.32. The number of hydrogen-bond acceptors (Lipinski definition) is 3. The first-order chi connectivity index (χ1) is 13.4. The van der Waals surface area contributed by atoms with E-state index in [1.807, 2.05) is 0 Å². The van der Waals surface area contributed by atoms with Crippen LogP contribution in [0.25, 0.3) is 0 Å². The van der Waals surface area contributed by atoms with E-state index in [2.05, 4.69) is 23.9 Å². The molecule has 0 aliphatic carbocycles. The molecule has 0 aromatic heterocycles. The van der Waals surface area contributed by atoms with Crippen molar-refractivity contribution >= 4 is 33.2 Å². The van der Waals surface area contributed by atoms with Crippen LogP contribution in [0.5, 0.6) is 0 Å². The summed E-state index contributed by atoms with van der Waals surface area (Å²) < 4.78 is 27.3. The van der Waals surface area contributed by atoms with Gasteiger partial charge < -0.3 is 5.32 Å². The number of nitrogens with one attached hydrogen (secondary N) is 2. The zero-order valence-electron chi connectivity index (χ0n) is 16.2. The molecule has 2 rings (SSSR count). The molecular weight excluding hydrogens is 396 g/mol. The van der Waals surface area contributed by atoms with Crippen molar-refractivity contribution in [1.82, 2.24) is 5.32 Å². The van der Waals surface area contributed by atoms with E-state index in [4.69, 9.17) is 11.6 Å². The lowest BCUT2D eigenvalue weighted by Gasteiger charge is -2.16. The van der Waals surface area contributed by atoms with Crippen LogP contribution in [0.3, 0.4) is 0 Å². The summed E-state index contributed by atoms with van der Waals surface area (Å²) in [5.74, 6) is 0.241. The minimum absolute atomic E-state index is 0.144. The number of unbranched alkanes of at least 4 members (excludes halogenated alkanes) is 1. The molecule has 0 aliphatic heterocycles. The normalized spacial score (nSPS) is 12.4. The molecule has 0 bridgehead atoms. The maximum absolute atomic E-state index is 12.4. The van der Waals surface area contributed by atoms with E-state index >= 15 is 0 Å². The van der Waals surface area contributed by atoms with Gasteiger partial charge in [-0.1, -0.05) is 62.9 Å². The van der Waals surface area contributed by atoms with Crippen molar-refractivity contribution in [2.75, 3.05) is 11.3 Å². The van der Waals surface area contributed by atoms with Crippen molar-refractivity contribution in [2.24, 2.45) is 5.92 Å². The number of halogens is 1. The van der Waals surface area contributed by atoms with Gasteiger partial charge in [0.25, 0.3) is 15.9 Å². The maximum Gasteiger partial charge on any atom is 0.261 e. The van der Waals surface area contributed by atoms with E-state index in [9.17, 15) is 13.2 Å². The van der Waals surface area contributed by atoms with Crippen LogP contribution in [0, 0.1) is 5.92 Å². The molecule has 2 N–H and O–H groups in total. The fourth-order valence-electron chi connectivity index (χ4n) is 2.82. The van der Waals surface area contributed by atoms with Gasteiger partial charge in [-0.3, -0.25) is 9.52 Å². The van der Waals surface area contributed by atoms with Gasteiger partial charge >= 0.3 is 0 Å². The molecule has 152 valence electrons. The molecule has 0 radical (unpaired) electrons. The molecular formula is C21H27ClN2O3S. The number of benzene rings is 2. The molecule has 0 heterocycles. The van der Waals surface area contributed by atoms with E-state index in [1.165, 1.54) is 24.3 Å². The van der Waals surface area contributed by atoms with Crippen molar-refractivity contribution in [3.05, 3.63) is 59.1 Å². The Hall–Kier alpha value is -2.05. The second-order valence-electron chi connectivity index (χ2n) is 6.74. The molecule has 2 aromatic rings. The van der Waals surface area contributed by atoms with E-state index in [0.29, 0.717) is 18.0 Å². The minimum atomic E-state index is -3.74. The molecule has 0 spiro atoms. The largest absolute Gasteiger partial charge is 0.352 e. The highest BCUT2D eigenvalue weighted by atomic mass is 35.5. The smallest absolute Gasteiger partial charge is 0.261 e. The second kappa shape index (κ2) is 10.5. The monoisotopic (exact) mass is 422 g/mol. The van der Waals surface area contributed by atoms with Crippen LogP contribution < -0.4 is 10.0 Å². The third kappa shape index (κ3) is 6.24. The first-order valence-electron chi connectivity index (χ1n) is 9.53. The van der Waals surface area contributed by atoms with Crippen LogP contribution in [0.4, 0.5) is 5.69 Å². The molecule has 28 heavy (non-hydrogen) atoms. The summed E-state index contributed by atoms with van der Waals surface area (Å²) in [5.41, 5.74) is 0.634. The number of carbonyl (C=O) groups excluding carboxylic acids is 1. The molecule has 0 saturated heterocycles. The summed E-state index contributed by atoms with van der Waals surface area (Å²) in [5, 5.41) is 3.11. The topological polar surface area (TPSA) is 75.3 Å². The van der Waals surface area contributed by atoms with Crippen molar-refractivity contribution in [3.8, 4) is 0 Å². The molecule has 0 saturated carbocycles. The Balaban J connectivity index is 2.04. The SMILES string of the molecule is CCCC[C@H](CC)CNC(=O)c1ccc(NS(=O)(=O)c2ccccc2)c(Cl)c1. The summed E-state index contributed by atoms with van der Waals surface area (Å²) in [7, 11) is -3.74. The van der Waals surface area contributed by atoms with Crippen LogP contribution in [-0.2, 0) is 10.0 Å². The first-order valence-corrected chi connectivity index (χ1v) is 11.4. The van der Waals surface area contributed by atoms with Crippen molar-refractivity contribution < 1.29 is 13.2 Å². The second-order valence-corrected chi connectivity index (χ2v) is 8.83. The zero-order chi connectivity index (χ0) is 20.6. The predicted octanol–water partition coefficient (Wildman–Crippen LogP) is 5.09.